The first-order valence-electron chi connectivity index (χ1n) is 8.65. The van der Waals surface area contributed by atoms with Crippen molar-refractivity contribution in [2.75, 3.05) is 6.61 Å². The molecule has 1 saturated carbocycles. The topological polar surface area (TPSA) is 56.2 Å². The van der Waals surface area contributed by atoms with Crippen LogP contribution in [0.3, 0.4) is 0 Å². The van der Waals surface area contributed by atoms with E-state index in [1.807, 2.05) is 36.0 Å². The molecule has 1 aromatic heterocycles. The van der Waals surface area contributed by atoms with E-state index in [9.17, 15) is 4.79 Å². The van der Waals surface area contributed by atoms with Crippen LogP contribution in [0.25, 0.3) is 0 Å². The van der Waals surface area contributed by atoms with E-state index in [-0.39, 0.29) is 24.0 Å². The summed E-state index contributed by atoms with van der Waals surface area (Å²) in [4.78, 5) is 16.7. The highest BCUT2D eigenvalue weighted by molar-refractivity contribution is 5.83. The first-order chi connectivity index (χ1) is 11.7. The zero-order chi connectivity index (χ0) is 16.5. The average molecular weight is 325 g/mol. The molecule has 1 saturated heterocycles. The lowest BCUT2D eigenvalue weighted by Gasteiger charge is -2.30. The van der Waals surface area contributed by atoms with Crippen LogP contribution in [0.5, 0.6) is 0 Å². The van der Waals surface area contributed by atoms with Crippen molar-refractivity contribution in [1.29, 1.82) is 0 Å². The molecule has 1 aromatic carbocycles. The number of carbonyl (C=O) groups is 1. The molecule has 2 aliphatic rings. The van der Waals surface area contributed by atoms with Gasteiger partial charge in [-0.1, -0.05) is 30.3 Å². The van der Waals surface area contributed by atoms with Gasteiger partial charge in [0.1, 0.15) is 6.10 Å². The van der Waals surface area contributed by atoms with Crippen LogP contribution in [0.15, 0.2) is 42.9 Å². The molecule has 0 radical (unpaired) electrons. The maximum absolute atomic E-state index is 12.5. The van der Waals surface area contributed by atoms with Gasteiger partial charge >= 0.3 is 0 Å². The number of hydrogen-bond acceptors (Lipinski definition) is 3. The molecule has 0 bridgehead atoms. The predicted molar refractivity (Wildman–Crippen MR) is 90.4 cm³/mol. The lowest BCUT2D eigenvalue weighted by Crippen LogP contribution is -2.41. The van der Waals surface area contributed by atoms with Gasteiger partial charge in [-0.2, -0.15) is 0 Å². The van der Waals surface area contributed by atoms with Crippen molar-refractivity contribution < 1.29 is 9.53 Å². The zero-order valence-electron chi connectivity index (χ0n) is 13.9. The summed E-state index contributed by atoms with van der Waals surface area (Å²) in [5, 5.41) is 3.24. The standard InChI is InChI=1S/C19H23N3O2/c1-22-12-20-11-17(22)18-9-14(7-8-24-18)21-19(23)16-10-15(16)13-5-3-2-4-6-13/h2-6,11-12,14-16,18H,7-10H2,1H3,(H,21,23)/t14-,15-,16+,18+/m1/s1. The quantitative estimate of drug-likeness (QED) is 0.940. The Kier molecular flexibility index (Phi) is 4.10. The number of imidazole rings is 1. The summed E-state index contributed by atoms with van der Waals surface area (Å²) in [5.41, 5.74) is 2.35. The first kappa shape index (κ1) is 15.4. The molecular formula is C19H23N3O2. The molecule has 2 heterocycles. The number of hydrogen-bond donors (Lipinski definition) is 1. The Hall–Kier alpha value is -2.14. The Morgan fingerprint density at radius 3 is 2.88 bits per heavy atom. The average Bonchev–Trinajstić information content (AvgIpc) is 3.30. The van der Waals surface area contributed by atoms with Gasteiger partial charge in [-0.25, -0.2) is 4.98 Å². The highest BCUT2D eigenvalue weighted by atomic mass is 16.5. The Balaban J connectivity index is 1.34. The monoisotopic (exact) mass is 325 g/mol. The van der Waals surface area contributed by atoms with Crippen LogP contribution < -0.4 is 5.32 Å². The fraction of sp³-hybridized carbons (Fsp3) is 0.474. The molecule has 2 aromatic rings. The summed E-state index contributed by atoms with van der Waals surface area (Å²) in [5.74, 6) is 0.712. The Bertz CT molecular complexity index is 712. The Morgan fingerprint density at radius 2 is 2.12 bits per heavy atom. The lowest BCUT2D eigenvalue weighted by atomic mass is 10.0. The number of aromatic nitrogens is 2. The summed E-state index contributed by atoms with van der Waals surface area (Å²) < 4.78 is 7.86. The van der Waals surface area contributed by atoms with Crippen molar-refractivity contribution in [3.05, 3.63) is 54.1 Å². The molecule has 1 amide bonds. The molecule has 126 valence electrons. The fourth-order valence-electron chi connectivity index (χ4n) is 3.67. The van der Waals surface area contributed by atoms with E-state index < -0.39 is 0 Å². The first-order valence-corrected chi connectivity index (χ1v) is 8.65. The van der Waals surface area contributed by atoms with Gasteiger partial charge in [0, 0.05) is 25.6 Å². The third-order valence-corrected chi connectivity index (χ3v) is 5.17. The largest absolute Gasteiger partial charge is 0.372 e. The number of nitrogens with zero attached hydrogens (tertiary/aromatic N) is 2. The van der Waals surface area contributed by atoms with Gasteiger partial charge in [0.05, 0.1) is 18.2 Å². The molecular weight excluding hydrogens is 302 g/mol. The van der Waals surface area contributed by atoms with E-state index in [0.717, 1.165) is 25.0 Å². The molecule has 4 atom stereocenters. The smallest absolute Gasteiger partial charge is 0.223 e. The van der Waals surface area contributed by atoms with E-state index in [4.69, 9.17) is 4.74 Å². The third kappa shape index (κ3) is 3.08. The summed E-state index contributed by atoms with van der Waals surface area (Å²) in [7, 11) is 1.97. The number of rotatable bonds is 4. The molecule has 5 nitrogen and oxygen atoms in total. The summed E-state index contributed by atoms with van der Waals surface area (Å²) in [6.45, 7) is 0.674. The molecule has 0 spiro atoms. The number of aryl methyl sites for hydroxylation is 1. The van der Waals surface area contributed by atoms with Crippen LogP contribution in [-0.2, 0) is 16.6 Å². The summed E-state index contributed by atoms with van der Waals surface area (Å²) >= 11 is 0. The van der Waals surface area contributed by atoms with Crippen LogP contribution in [0, 0.1) is 5.92 Å². The van der Waals surface area contributed by atoms with E-state index in [0.29, 0.717) is 12.5 Å². The van der Waals surface area contributed by atoms with Gasteiger partial charge in [0.2, 0.25) is 5.91 Å². The second-order valence-electron chi connectivity index (χ2n) is 6.88. The van der Waals surface area contributed by atoms with E-state index >= 15 is 0 Å². The van der Waals surface area contributed by atoms with Crippen LogP contribution in [-0.4, -0.2) is 28.1 Å². The van der Waals surface area contributed by atoms with E-state index in [1.165, 1.54) is 5.56 Å². The lowest BCUT2D eigenvalue weighted by molar-refractivity contribution is -0.124. The van der Waals surface area contributed by atoms with Crippen molar-refractivity contribution in [1.82, 2.24) is 14.9 Å². The number of benzene rings is 1. The molecule has 2 fully saturated rings. The van der Waals surface area contributed by atoms with Gasteiger partial charge in [0.15, 0.2) is 0 Å². The van der Waals surface area contributed by atoms with Crippen molar-refractivity contribution >= 4 is 5.91 Å². The van der Waals surface area contributed by atoms with Crippen LogP contribution >= 0.6 is 0 Å². The normalized spacial score (nSPS) is 29.2. The van der Waals surface area contributed by atoms with E-state index in [2.05, 4.69) is 22.4 Å². The minimum Gasteiger partial charge on any atom is -0.372 e. The molecule has 1 aliphatic carbocycles. The maximum Gasteiger partial charge on any atom is 0.223 e. The SMILES string of the molecule is Cn1cncc1[C@@H]1C[C@H](NC(=O)[C@H]2C[C@@H]2c2ccccc2)CCO1. The summed E-state index contributed by atoms with van der Waals surface area (Å²) in [6.07, 6.45) is 6.30. The number of carbonyl (C=O) groups excluding carboxylic acids is 1. The molecule has 1 N–H and O–H groups in total. The van der Waals surface area contributed by atoms with Crippen molar-refractivity contribution in [2.45, 2.75) is 37.3 Å². The second-order valence-corrected chi connectivity index (χ2v) is 6.88. The van der Waals surface area contributed by atoms with Crippen molar-refractivity contribution in [2.24, 2.45) is 13.0 Å². The van der Waals surface area contributed by atoms with Gasteiger partial charge in [-0.3, -0.25) is 4.79 Å². The van der Waals surface area contributed by atoms with Gasteiger partial charge in [0.25, 0.3) is 0 Å². The van der Waals surface area contributed by atoms with Crippen LogP contribution in [0.1, 0.15) is 42.5 Å². The minimum atomic E-state index is 0.0145. The number of ether oxygens (including phenoxy) is 1. The minimum absolute atomic E-state index is 0.0145. The molecule has 1 aliphatic heterocycles. The molecule has 24 heavy (non-hydrogen) atoms. The number of nitrogens with one attached hydrogen (secondary N) is 1. The number of amides is 1. The molecule has 0 unspecified atom stereocenters. The molecule has 5 heteroatoms. The fourth-order valence-corrected chi connectivity index (χ4v) is 3.67. The third-order valence-electron chi connectivity index (χ3n) is 5.17. The highest BCUT2D eigenvalue weighted by Crippen LogP contribution is 2.47. The van der Waals surface area contributed by atoms with Crippen molar-refractivity contribution in [3.63, 3.8) is 0 Å². The van der Waals surface area contributed by atoms with Crippen LogP contribution in [0.2, 0.25) is 0 Å². The van der Waals surface area contributed by atoms with Gasteiger partial charge < -0.3 is 14.6 Å². The van der Waals surface area contributed by atoms with Gasteiger partial charge in [-0.05, 0) is 30.7 Å². The van der Waals surface area contributed by atoms with Crippen molar-refractivity contribution in [3.8, 4) is 0 Å². The van der Waals surface area contributed by atoms with Crippen LogP contribution in [0.4, 0.5) is 0 Å². The Labute approximate surface area is 142 Å². The Morgan fingerprint density at radius 1 is 1.29 bits per heavy atom. The highest BCUT2D eigenvalue weighted by Gasteiger charge is 2.44. The predicted octanol–water partition coefficient (Wildman–Crippen LogP) is 2.56. The summed E-state index contributed by atoms with van der Waals surface area (Å²) in [6, 6.07) is 10.5. The maximum atomic E-state index is 12.5. The second kappa shape index (κ2) is 6.40. The van der Waals surface area contributed by atoms with E-state index in [1.54, 1.807) is 6.33 Å². The molecule has 4 rings (SSSR count). The zero-order valence-corrected chi connectivity index (χ0v) is 13.9. The van der Waals surface area contributed by atoms with Gasteiger partial charge in [-0.15, -0.1) is 0 Å².